The molecule has 2 aromatic carbocycles. The fraction of sp³-hybridized carbons (Fsp3) is 0.391. The van der Waals surface area contributed by atoms with Crippen molar-refractivity contribution in [1.29, 1.82) is 0 Å². The number of hydrogen-bond donors (Lipinski definition) is 1. The van der Waals surface area contributed by atoms with Crippen LogP contribution in [0.15, 0.2) is 53.4 Å². The lowest BCUT2D eigenvalue weighted by Crippen LogP contribution is -2.47. The molecule has 1 heterocycles. The van der Waals surface area contributed by atoms with E-state index in [1.54, 1.807) is 48.5 Å². The highest BCUT2D eigenvalue weighted by Crippen LogP contribution is 2.33. The summed E-state index contributed by atoms with van der Waals surface area (Å²) in [6, 6.07) is 13.5. The van der Waals surface area contributed by atoms with Gasteiger partial charge >= 0.3 is 5.97 Å². The molecule has 0 fully saturated rings. The number of anilines is 1. The minimum absolute atomic E-state index is 0.0707. The van der Waals surface area contributed by atoms with E-state index < -0.39 is 22.1 Å². The quantitative estimate of drug-likeness (QED) is 0.608. The molecule has 1 atom stereocenters. The Morgan fingerprint density at radius 1 is 1.16 bits per heavy atom. The molecule has 0 aliphatic carbocycles. The molecule has 1 N–H and O–H groups in total. The number of sulfonamides is 1. The molecule has 2 aromatic rings. The zero-order valence-electron chi connectivity index (χ0n) is 18.4. The van der Waals surface area contributed by atoms with E-state index in [1.807, 2.05) is 13.8 Å². The summed E-state index contributed by atoms with van der Waals surface area (Å²) in [4.78, 5) is 26.7. The van der Waals surface area contributed by atoms with Gasteiger partial charge in [-0.1, -0.05) is 38.1 Å². The highest BCUT2D eigenvalue weighted by atomic mass is 32.2. The number of esters is 1. The van der Waals surface area contributed by atoms with E-state index in [1.165, 1.54) is 12.0 Å². The minimum Gasteiger partial charge on any atom is -0.475 e. The molecule has 0 spiro atoms. The molecule has 0 saturated carbocycles. The first kappa shape index (κ1) is 23.7. The molecule has 1 aliphatic rings. The lowest BCUT2D eigenvalue weighted by Gasteiger charge is -2.33. The van der Waals surface area contributed by atoms with Crippen LogP contribution in [0.4, 0.5) is 5.69 Å². The third kappa shape index (κ3) is 5.66. The summed E-state index contributed by atoms with van der Waals surface area (Å²) >= 11 is 0. The summed E-state index contributed by atoms with van der Waals surface area (Å²) in [6.45, 7) is 4.30. The van der Waals surface area contributed by atoms with Gasteiger partial charge in [0.25, 0.3) is 0 Å². The molecule has 0 aromatic heterocycles. The number of para-hydroxylation sites is 2. The second-order valence-corrected chi connectivity index (χ2v) is 9.76. The lowest BCUT2D eigenvalue weighted by atomic mass is 10.1. The van der Waals surface area contributed by atoms with Gasteiger partial charge in [-0.25, -0.2) is 17.9 Å². The summed E-state index contributed by atoms with van der Waals surface area (Å²) in [5.74, 6) is -0.0461. The number of amides is 1. The molecule has 0 bridgehead atoms. The Morgan fingerprint density at radius 3 is 2.50 bits per heavy atom. The molecule has 0 saturated heterocycles. The number of carbonyl (C=O) groups excluding carboxylic acids is 2. The molecule has 0 radical (unpaired) electrons. The van der Waals surface area contributed by atoms with Gasteiger partial charge in [0, 0.05) is 13.0 Å². The van der Waals surface area contributed by atoms with Gasteiger partial charge in [-0.2, -0.15) is 0 Å². The van der Waals surface area contributed by atoms with E-state index in [0.717, 1.165) is 5.56 Å². The van der Waals surface area contributed by atoms with Crippen LogP contribution in [0.5, 0.6) is 5.75 Å². The number of benzene rings is 2. The minimum atomic E-state index is -3.55. The summed E-state index contributed by atoms with van der Waals surface area (Å²) in [5.41, 5.74) is 1.45. The maximum absolute atomic E-state index is 13.0. The van der Waals surface area contributed by atoms with Gasteiger partial charge in [0.05, 0.1) is 24.2 Å². The van der Waals surface area contributed by atoms with Crippen LogP contribution in [-0.2, 0) is 30.8 Å². The Labute approximate surface area is 188 Å². The van der Waals surface area contributed by atoms with E-state index >= 15 is 0 Å². The highest BCUT2D eigenvalue weighted by molar-refractivity contribution is 7.89. The highest BCUT2D eigenvalue weighted by Gasteiger charge is 2.34. The number of aryl methyl sites for hydroxylation is 1. The molecule has 0 unspecified atom stereocenters. The van der Waals surface area contributed by atoms with Crippen LogP contribution in [-0.4, -0.2) is 46.6 Å². The van der Waals surface area contributed by atoms with Crippen molar-refractivity contribution in [3.8, 4) is 5.75 Å². The molecule has 3 rings (SSSR count). The third-order valence-electron chi connectivity index (χ3n) is 5.08. The van der Waals surface area contributed by atoms with Crippen molar-refractivity contribution in [1.82, 2.24) is 4.72 Å². The summed E-state index contributed by atoms with van der Waals surface area (Å²) < 4.78 is 37.7. The number of rotatable bonds is 8. The molecule has 1 aliphatic heterocycles. The molecule has 1 amide bonds. The van der Waals surface area contributed by atoms with Gasteiger partial charge in [0.1, 0.15) is 5.75 Å². The smallest absolute Gasteiger partial charge is 0.348 e. The van der Waals surface area contributed by atoms with Gasteiger partial charge in [-0.3, -0.25) is 4.79 Å². The molecule has 32 heavy (non-hydrogen) atoms. The molecular weight excluding hydrogens is 432 g/mol. The SMILES string of the molecule is COC(=O)[C@@H]1CN(C(=O)CCc2ccc(S(=O)(=O)NCC(C)C)cc2)c2ccccc2O1. The predicted molar refractivity (Wildman–Crippen MR) is 120 cm³/mol. The average molecular weight is 461 g/mol. The van der Waals surface area contributed by atoms with Crippen LogP contribution in [0.1, 0.15) is 25.8 Å². The fourth-order valence-corrected chi connectivity index (χ4v) is 4.52. The van der Waals surface area contributed by atoms with E-state index in [9.17, 15) is 18.0 Å². The molecule has 8 nitrogen and oxygen atoms in total. The number of methoxy groups -OCH3 is 1. The van der Waals surface area contributed by atoms with Crippen LogP contribution in [0, 0.1) is 5.92 Å². The first-order valence-electron chi connectivity index (χ1n) is 10.4. The Morgan fingerprint density at radius 2 is 1.84 bits per heavy atom. The standard InChI is InChI=1S/C23H28N2O6S/c1-16(2)14-24-32(28,29)18-11-8-17(9-12-18)10-13-22(26)25-15-21(23(27)30-3)31-20-7-5-4-6-19(20)25/h4-9,11-12,16,21,24H,10,13-15H2,1-3H3/t21-/m0/s1. The van der Waals surface area contributed by atoms with E-state index in [4.69, 9.17) is 9.47 Å². The van der Waals surface area contributed by atoms with E-state index in [-0.39, 0.29) is 29.7 Å². The number of ether oxygens (including phenoxy) is 2. The normalized spacial score (nSPS) is 15.8. The van der Waals surface area contributed by atoms with Gasteiger partial charge in [0.15, 0.2) is 0 Å². The Bertz CT molecular complexity index is 1070. The molecule has 9 heteroatoms. The Hall–Kier alpha value is -2.91. The Balaban J connectivity index is 1.67. The first-order chi connectivity index (χ1) is 15.2. The maximum atomic E-state index is 13.0. The number of nitrogens with zero attached hydrogens (tertiary/aromatic N) is 1. The van der Waals surface area contributed by atoms with Crippen LogP contribution in [0.2, 0.25) is 0 Å². The van der Waals surface area contributed by atoms with Crippen molar-refractivity contribution in [2.75, 3.05) is 25.1 Å². The van der Waals surface area contributed by atoms with Crippen molar-refractivity contribution >= 4 is 27.6 Å². The molecule has 172 valence electrons. The van der Waals surface area contributed by atoms with Gasteiger partial charge in [0.2, 0.25) is 22.0 Å². The maximum Gasteiger partial charge on any atom is 0.348 e. The third-order valence-corrected chi connectivity index (χ3v) is 6.52. The van der Waals surface area contributed by atoms with Crippen LogP contribution in [0.3, 0.4) is 0 Å². The monoisotopic (exact) mass is 460 g/mol. The topological polar surface area (TPSA) is 102 Å². The largest absolute Gasteiger partial charge is 0.475 e. The van der Waals surface area contributed by atoms with Crippen molar-refractivity contribution in [3.05, 3.63) is 54.1 Å². The summed E-state index contributed by atoms with van der Waals surface area (Å²) in [5, 5.41) is 0. The average Bonchev–Trinajstić information content (AvgIpc) is 2.80. The van der Waals surface area contributed by atoms with Crippen LogP contribution >= 0.6 is 0 Å². The lowest BCUT2D eigenvalue weighted by molar-refractivity contribution is -0.148. The van der Waals surface area contributed by atoms with Crippen molar-refractivity contribution in [2.24, 2.45) is 5.92 Å². The number of nitrogens with one attached hydrogen (secondary N) is 1. The second-order valence-electron chi connectivity index (χ2n) is 7.99. The Kier molecular flexibility index (Phi) is 7.52. The fourth-order valence-electron chi connectivity index (χ4n) is 3.31. The second kappa shape index (κ2) is 10.1. The van der Waals surface area contributed by atoms with Gasteiger partial charge in [-0.15, -0.1) is 0 Å². The van der Waals surface area contributed by atoms with Crippen molar-refractivity contribution in [3.63, 3.8) is 0 Å². The van der Waals surface area contributed by atoms with Crippen molar-refractivity contribution < 1.29 is 27.5 Å². The van der Waals surface area contributed by atoms with Gasteiger partial charge in [-0.05, 0) is 42.2 Å². The summed E-state index contributed by atoms with van der Waals surface area (Å²) in [7, 11) is -2.28. The number of hydrogen-bond acceptors (Lipinski definition) is 6. The van der Waals surface area contributed by atoms with Gasteiger partial charge < -0.3 is 14.4 Å². The predicted octanol–water partition coefficient (Wildman–Crippen LogP) is 2.52. The summed E-state index contributed by atoms with van der Waals surface area (Å²) in [6.07, 6.45) is -0.261. The van der Waals surface area contributed by atoms with E-state index in [0.29, 0.717) is 24.4 Å². The first-order valence-corrected chi connectivity index (χ1v) is 11.9. The van der Waals surface area contributed by atoms with E-state index in [2.05, 4.69) is 4.72 Å². The molecular formula is C23H28N2O6S. The van der Waals surface area contributed by atoms with Crippen LogP contribution < -0.4 is 14.4 Å². The zero-order chi connectivity index (χ0) is 23.3. The number of fused-ring (bicyclic) bond motifs is 1. The zero-order valence-corrected chi connectivity index (χ0v) is 19.2. The number of carbonyl (C=O) groups is 2. The van der Waals surface area contributed by atoms with Crippen molar-refractivity contribution in [2.45, 2.75) is 37.7 Å². The van der Waals surface area contributed by atoms with Crippen LogP contribution in [0.25, 0.3) is 0 Å².